The van der Waals surface area contributed by atoms with Crippen LogP contribution in [0.5, 0.6) is 0 Å². The van der Waals surface area contributed by atoms with Crippen LogP contribution in [0.4, 0.5) is 4.39 Å². The predicted molar refractivity (Wildman–Crippen MR) is 123 cm³/mol. The molecule has 29 heavy (non-hydrogen) atoms. The van der Waals surface area contributed by atoms with Gasteiger partial charge >= 0.3 is 0 Å². The van der Waals surface area contributed by atoms with Crippen molar-refractivity contribution in [1.29, 1.82) is 5.26 Å². The molecule has 0 aliphatic carbocycles. The summed E-state index contributed by atoms with van der Waals surface area (Å²) in [5.41, 5.74) is 2.36. The van der Waals surface area contributed by atoms with Crippen molar-refractivity contribution < 1.29 is 9.18 Å². The molecule has 0 radical (unpaired) electrons. The maximum Gasteiger partial charge on any atom is 0.251 e. The van der Waals surface area contributed by atoms with E-state index in [1.54, 1.807) is 25.2 Å². The molecule has 2 aromatic carbocycles. The quantitative estimate of drug-likeness (QED) is 0.304. The molecule has 0 aliphatic rings. The number of guanidine groups is 1. The van der Waals surface area contributed by atoms with Crippen LogP contribution in [0, 0.1) is 17.1 Å². The van der Waals surface area contributed by atoms with Gasteiger partial charge in [0.25, 0.3) is 5.91 Å². The molecule has 6 nitrogen and oxygen atoms in total. The number of carbonyl (C=O) groups is 1. The summed E-state index contributed by atoms with van der Waals surface area (Å²) in [5, 5.41) is 17.7. The molecule has 8 heteroatoms. The average molecular weight is 509 g/mol. The summed E-state index contributed by atoms with van der Waals surface area (Å²) in [6, 6.07) is 13.7. The third-order valence-corrected chi connectivity index (χ3v) is 4.06. The summed E-state index contributed by atoms with van der Waals surface area (Å²) in [6.45, 7) is 3.40. The minimum atomic E-state index is -0.440. The van der Waals surface area contributed by atoms with Crippen molar-refractivity contribution >= 4 is 35.8 Å². The Bertz CT molecular complexity index is 895. The van der Waals surface area contributed by atoms with Gasteiger partial charge in [-0.25, -0.2) is 9.38 Å². The van der Waals surface area contributed by atoms with Crippen LogP contribution in [-0.2, 0) is 13.0 Å². The van der Waals surface area contributed by atoms with Crippen molar-refractivity contribution in [3.05, 3.63) is 70.5 Å². The van der Waals surface area contributed by atoms with Crippen molar-refractivity contribution in [3.63, 3.8) is 0 Å². The van der Waals surface area contributed by atoms with Crippen molar-refractivity contribution in [2.45, 2.75) is 19.9 Å². The van der Waals surface area contributed by atoms with Gasteiger partial charge in [0, 0.05) is 31.3 Å². The summed E-state index contributed by atoms with van der Waals surface area (Å²) in [5.74, 6) is 0.0209. The first-order valence-corrected chi connectivity index (χ1v) is 9.09. The average Bonchev–Trinajstić information content (AvgIpc) is 2.72. The van der Waals surface area contributed by atoms with Gasteiger partial charge in [-0.3, -0.25) is 4.79 Å². The van der Waals surface area contributed by atoms with Gasteiger partial charge in [0.15, 0.2) is 5.96 Å². The molecule has 3 N–H and O–H groups in total. The zero-order valence-corrected chi connectivity index (χ0v) is 18.8. The smallest absolute Gasteiger partial charge is 0.251 e. The van der Waals surface area contributed by atoms with Crippen LogP contribution in [0.25, 0.3) is 0 Å². The maximum absolute atomic E-state index is 14.0. The first kappa shape index (κ1) is 24.4. The molecule has 0 unspecified atom stereocenters. The number of amides is 1. The highest BCUT2D eigenvalue weighted by atomic mass is 127. The van der Waals surface area contributed by atoms with Crippen LogP contribution < -0.4 is 16.0 Å². The standard InChI is InChI=1S/C21H24FN5O.HI/c1-3-25-21(27-14-18-8-7-16(13-23)12-19(18)22)26-10-9-15-5-4-6-17(11-15)20(28)24-2;/h4-8,11-12H,3,9-10,14H2,1-2H3,(H,24,28)(H2,25,26,27);1H. The first-order chi connectivity index (χ1) is 13.6. The van der Waals surface area contributed by atoms with Crippen molar-refractivity contribution in [2.24, 2.45) is 4.99 Å². The lowest BCUT2D eigenvalue weighted by Gasteiger charge is -2.12. The van der Waals surface area contributed by atoms with E-state index in [1.807, 2.05) is 31.2 Å². The fourth-order valence-corrected chi connectivity index (χ4v) is 2.59. The summed E-state index contributed by atoms with van der Waals surface area (Å²) in [4.78, 5) is 16.1. The monoisotopic (exact) mass is 509 g/mol. The summed E-state index contributed by atoms with van der Waals surface area (Å²) >= 11 is 0. The normalized spacial score (nSPS) is 10.5. The lowest BCUT2D eigenvalue weighted by Crippen LogP contribution is -2.38. The molecular weight excluding hydrogens is 484 g/mol. The van der Waals surface area contributed by atoms with E-state index in [2.05, 4.69) is 20.9 Å². The lowest BCUT2D eigenvalue weighted by atomic mass is 10.1. The summed E-state index contributed by atoms with van der Waals surface area (Å²) in [7, 11) is 1.60. The predicted octanol–water partition coefficient (Wildman–Crippen LogP) is 2.97. The first-order valence-electron chi connectivity index (χ1n) is 9.09. The van der Waals surface area contributed by atoms with Crippen LogP contribution in [0.1, 0.15) is 34.0 Å². The molecule has 0 saturated carbocycles. The number of nitrogens with zero attached hydrogens (tertiary/aromatic N) is 2. The van der Waals surface area contributed by atoms with Gasteiger partial charge in [-0.15, -0.1) is 24.0 Å². The molecule has 0 heterocycles. The molecule has 0 bridgehead atoms. The van der Waals surface area contributed by atoms with Crippen LogP contribution in [0.2, 0.25) is 0 Å². The molecule has 2 rings (SSSR count). The van der Waals surface area contributed by atoms with Crippen LogP contribution in [-0.4, -0.2) is 32.0 Å². The zero-order chi connectivity index (χ0) is 20.4. The Morgan fingerprint density at radius 3 is 2.66 bits per heavy atom. The van der Waals surface area contributed by atoms with Crippen molar-refractivity contribution in [2.75, 3.05) is 20.1 Å². The Balaban J connectivity index is 0.00000420. The van der Waals surface area contributed by atoms with E-state index < -0.39 is 5.82 Å². The molecule has 2 aromatic rings. The molecule has 154 valence electrons. The molecule has 0 aromatic heterocycles. The highest BCUT2D eigenvalue weighted by molar-refractivity contribution is 14.0. The number of nitriles is 1. The molecular formula is C21H25FIN5O. The van der Waals surface area contributed by atoms with E-state index in [4.69, 9.17) is 5.26 Å². The number of benzene rings is 2. The summed E-state index contributed by atoms with van der Waals surface area (Å²) < 4.78 is 14.0. The SMILES string of the molecule is CCNC(=NCc1ccc(C#N)cc1F)NCCc1cccc(C(=O)NC)c1.I. The molecule has 1 amide bonds. The second-order valence-electron chi connectivity index (χ2n) is 6.07. The lowest BCUT2D eigenvalue weighted by molar-refractivity contribution is 0.0963. The number of aliphatic imine (C=N–C) groups is 1. The van der Waals surface area contributed by atoms with Gasteiger partial charge in [-0.1, -0.05) is 18.2 Å². The minimum Gasteiger partial charge on any atom is -0.357 e. The second kappa shape index (κ2) is 12.7. The molecule has 0 spiro atoms. The van der Waals surface area contributed by atoms with Gasteiger partial charge < -0.3 is 16.0 Å². The Morgan fingerprint density at radius 2 is 2.00 bits per heavy atom. The van der Waals surface area contributed by atoms with Crippen molar-refractivity contribution in [3.8, 4) is 6.07 Å². The Labute approximate surface area is 187 Å². The van der Waals surface area contributed by atoms with E-state index in [0.717, 1.165) is 5.56 Å². The third-order valence-electron chi connectivity index (χ3n) is 4.06. The number of nitrogens with one attached hydrogen (secondary N) is 3. The van der Waals surface area contributed by atoms with E-state index in [9.17, 15) is 9.18 Å². The zero-order valence-electron chi connectivity index (χ0n) is 16.5. The van der Waals surface area contributed by atoms with Gasteiger partial charge in [0.2, 0.25) is 0 Å². The summed E-state index contributed by atoms with van der Waals surface area (Å²) in [6.07, 6.45) is 0.709. The number of rotatable bonds is 7. The fraction of sp³-hybridized carbons (Fsp3) is 0.286. The van der Waals surface area contributed by atoms with Gasteiger partial charge in [-0.2, -0.15) is 5.26 Å². The molecule has 0 saturated heterocycles. The van der Waals surface area contributed by atoms with E-state index in [1.165, 1.54) is 6.07 Å². The second-order valence-corrected chi connectivity index (χ2v) is 6.07. The molecule has 0 fully saturated rings. The number of hydrogen-bond donors (Lipinski definition) is 3. The Kier molecular flexibility index (Phi) is 10.7. The fourth-order valence-electron chi connectivity index (χ4n) is 2.59. The Hall–Kier alpha value is -2.67. The Morgan fingerprint density at radius 1 is 1.21 bits per heavy atom. The topological polar surface area (TPSA) is 89.3 Å². The number of carbonyl (C=O) groups excluding carboxylic acids is 1. The highest BCUT2D eigenvalue weighted by Gasteiger charge is 2.06. The minimum absolute atomic E-state index is 0. The van der Waals surface area contributed by atoms with E-state index >= 15 is 0 Å². The molecule has 0 atom stereocenters. The number of halogens is 2. The van der Waals surface area contributed by atoms with Gasteiger partial charge in [0.05, 0.1) is 18.2 Å². The van der Waals surface area contributed by atoms with E-state index in [-0.39, 0.29) is 42.0 Å². The number of hydrogen-bond acceptors (Lipinski definition) is 3. The van der Waals surface area contributed by atoms with Crippen LogP contribution in [0.3, 0.4) is 0 Å². The van der Waals surface area contributed by atoms with Crippen LogP contribution >= 0.6 is 24.0 Å². The highest BCUT2D eigenvalue weighted by Crippen LogP contribution is 2.11. The van der Waals surface area contributed by atoms with Gasteiger partial charge in [-0.05, 0) is 43.2 Å². The van der Waals surface area contributed by atoms with Crippen LogP contribution in [0.15, 0.2) is 47.5 Å². The van der Waals surface area contributed by atoms with E-state index in [0.29, 0.717) is 36.6 Å². The van der Waals surface area contributed by atoms with Crippen molar-refractivity contribution in [1.82, 2.24) is 16.0 Å². The largest absolute Gasteiger partial charge is 0.357 e. The molecule has 0 aliphatic heterocycles. The third kappa shape index (κ3) is 7.69. The maximum atomic E-state index is 14.0. The van der Waals surface area contributed by atoms with Gasteiger partial charge in [0.1, 0.15) is 5.82 Å².